The molecular formula is C11H15N3O. The monoisotopic (exact) mass is 205 g/mol. The van der Waals surface area contributed by atoms with Crippen molar-refractivity contribution in [3.05, 3.63) is 18.0 Å². The van der Waals surface area contributed by atoms with Crippen LogP contribution < -0.4 is 0 Å². The molecule has 0 bridgehead atoms. The van der Waals surface area contributed by atoms with Gasteiger partial charge in [-0.15, -0.1) is 0 Å². The molecule has 1 aromatic heterocycles. The molecule has 1 aliphatic carbocycles. The minimum Gasteiger partial charge on any atom is -0.269 e. The standard InChI is InChI=1S/C11H15N3O/c1-12-11(15)9-7-13-14(8-9)10-5-3-2-4-6-10/h7-8,10H,1-6H2. The maximum absolute atomic E-state index is 11.2. The Morgan fingerprint density at radius 1 is 1.47 bits per heavy atom. The van der Waals surface area contributed by atoms with Crippen LogP contribution in [-0.4, -0.2) is 22.4 Å². The van der Waals surface area contributed by atoms with Gasteiger partial charge in [0.2, 0.25) is 0 Å². The van der Waals surface area contributed by atoms with Crippen molar-refractivity contribution in [3.8, 4) is 0 Å². The van der Waals surface area contributed by atoms with Crippen molar-refractivity contribution >= 4 is 12.6 Å². The van der Waals surface area contributed by atoms with E-state index in [1.165, 1.54) is 19.3 Å². The Kier molecular flexibility index (Phi) is 2.94. The molecule has 0 radical (unpaired) electrons. The molecule has 1 heterocycles. The highest BCUT2D eigenvalue weighted by Crippen LogP contribution is 2.27. The molecule has 80 valence electrons. The van der Waals surface area contributed by atoms with Crippen molar-refractivity contribution < 1.29 is 4.79 Å². The van der Waals surface area contributed by atoms with E-state index in [0.717, 1.165) is 12.8 Å². The Balaban J connectivity index is 2.11. The van der Waals surface area contributed by atoms with Crippen LogP contribution in [0.3, 0.4) is 0 Å². The second-order valence-electron chi connectivity index (χ2n) is 3.96. The topological polar surface area (TPSA) is 47.2 Å². The van der Waals surface area contributed by atoms with Gasteiger partial charge in [0.1, 0.15) is 0 Å². The third-order valence-electron chi connectivity index (χ3n) is 2.94. The molecule has 4 heteroatoms. The highest BCUT2D eigenvalue weighted by molar-refractivity contribution is 5.96. The first-order chi connectivity index (χ1) is 7.31. The molecule has 0 N–H and O–H groups in total. The van der Waals surface area contributed by atoms with Gasteiger partial charge < -0.3 is 0 Å². The molecule has 0 aromatic carbocycles. The van der Waals surface area contributed by atoms with Gasteiger partial charge in [-0.1, -0.05) is 19.3 Å². The van der Waals surface area contributed by atoms with Crippen LogP contribution in [0.4, 0.5) is 0 Å². The molecule has 2 rings (SSSR count). The largest absolute Gasteiger partial charge is 0.279 e. The van der Waals surface area contributed by atoms with Crippen molar-refractivity contribution in [3.63, 3.8) is 0 Å². The minimum atomic E-state index is -0.294. The van der Waals surface area contributed by atoms with Crippen molar-refractivity contribution in [2.75, 3.05) is 0 Å². The van der Waals surface area contributed by atoms with Crippen molar-refractivity contribution in [2.45, 2.75) is 38.1 Å². The van der Waals surface area contributed by atoms with Crippen LogP contribution in [0.1, 0.15) is 48.5 Å². The Bertz CT molecular complexity index is 364. The Labute approximate surface area is 89.0 Å². The second kappa shape index (κ2) is 4.38. The smallest absolute Gasteiger partial charge is 0.269 e. The second-order valence-corrected chi connectivity index (χ2v) is 3.96. The molecule has 1 fully saturated rings. The van der Waals surface area contributed by atoms with Gasteiger partial charge >= 0.3 is 0 Å². The van der Waals surface area contributed by atoms with E-state index < -0.39 is 0 Å². The Hall–Kier alpha value is -1.45. The number of aliphatic imine (C=N–C) groups is 1. The zero-order chi connectivity index (χ0) is 10.7. The zero-order valence-electron chi connectivity index (χ0n) is 8.72. The van der Waals surface area contributed by atoms with Crippen LogP contribution in [0, 0.1) is 0 Å². The maximum atomic E-state index is 11.2. The fourth-order valence-corrected chi connectivity index (χ4v) is 2.09. The van der Waals surface area contributed by atoms with Crippen LogP contribution in [-0.2, 0) is 0 Å². The highest BCUT2D eigenvalue weighted by Gasteiger charge is 2.17. The van der Waals surface area contributed by atoms with E-state index in [0.29, 0.717) is 11.6 Å². The Morgan fingerprint density at radius 3 is 2.87 bits per heavy atom. The molecule has 1 amide bonds. The number of rotatable bonds is 2. The fourth-order valence-electron chi connectivity index (χ4n) is 2.09. The molecule has 0 spiro atoms. The van der Waals surface area contributed by atoms with Gasteiger partial charge in [-0.25, -0.2) is 4.99 Å². The number of amides is 1. The lowest BCUT2D eigenvalue weighted by Gasteiger charge is -2.21. The summed E-state index contributed by atoms with van der Waals surface area (Å²) in [6.45, 7) is 3.22. The molecule has 1 saturated carbocycles. The lowest BCUT2D eigenvalue weighted by atomic mass is 9.96. The molecule has 0 atom stereocenters. The van der Waals surface area contributed by atoms with Crippen molar-refractivity contribution in [1.29, 1.82) is 0 Å². The molecule has 0 unspecified atom stereocenters. The first-order valence-electron chi connectivity index (χ1n) is 5.36. The zero-order valence-corrected chi connectivity index (χ0v) is 8.72. The van der Waals surface area contributed by atoms with Crippen molar-refractivity contribution in [2.24, 2.45) is 4.99 Å². The summed E-state index contributed by atoms with van der Waals surface area (Å²) in [6.07, 6.45) is 9.52. The van der Waals surface area contributed by atoms with Crippen LogP contribution in [0.5, 0.6) is 0 Å². The van der Waals surface area contributed by atoms with E-state index in [1.54, 1.807) is 12.4 Å². The molecular weight excluding hydrogens is 190 g/mol. The lowest BCUT2D eigenvalue weighted by Crippen LogP contribution is -2.13. The summed E-state index contributed by atoms with van der Waals surface area (Å²) in [6, 6.07) is 0.463. The Morgan fingerprint density at radius 2 is 2.20 bits per heavy atom. The maximum Gasteiger partial charge on any atom is 0.279 e. The first kappa shape index (κ1) is 10.1. The van der Waals surface area contributed by atoms with Gasteiger partial charge in [0.15, 0.2) is 0 Å². The van der Waals surface area contributed by atoms with Gasteiger partial charge in [-0.05, 0) is 19.6 Å². The predicted molar refractivity (Wildman–Crippen MR) is 58.2 cm³/mol. The molecule has 15 heavy (non-hydrogen) atoms. The van der Waals surface area contributed by atoms with E-state index >= 15 is 0 Å². The molecule has 4 nitrogen and oxygen atoms in total. The third kappa shape index (κ3) is 2.14. The summed E-state index contributed by atoms with van der Waals surface area (Å²) in [4.78, 5) is 14.6. The van der Waals surface area contributed by atoms with E-state index in [1.807, 2.05) is 4.68 Å². The van der Waals surface area contributed by atoms with Crippen molar-refractivity contribution in [1.82, 2.24) is 9.78 Å². The highest BCUT2D eigenvalue weighted by atomic mass is 16.1. The molecule has 1 aliphatic rings. The quantitative estimate of drug-likeness (QED) is 0.695. The number of aromatic nitrogens is 2. The van der Waals surface area contributed by atoms with Gasteiger partial charge in [0, 0.05) is 6.20 Å². The molecule has 0 saturated heterocycles. The van der Waals surface area contributed by atoms with E-state index in [4.69, 9.17) is 0 Å². The summed E-state index contributed by atoms with van der Waals surface area (Å²) in [5.41, 5.74) is 0.538. The van der Waals surface area contributed by atoms with Gasteiger partial charge in [-0.2, -0.15) is 5.10 Å². The fraction of sp³-hybridized carbons (Fsp3) is 0.545. The van der Waals surface area contributed by atoms with E-state index in [9.17, 15) is 4.79 Å². The summed E-state index contributed by atoms with van der Waals surface area (Å²) in [7, 11) is 0. The number of carbonyl (C=O) groups excluding carboxylic acids is 1. The van der Waals surface area contributed by atoms with E-state index in [2.05, 4.69) is 16.8 Å². The number of carbonyl (C=O) groups is 1. The average Bonchev–Trinajstić information content (AvgIpc) is 2.78. The average molecular weight is 205 g/mol. The van der Waals surface area contributed by atoms with Crippen LogP contribution in [0.15, 0.2) is 17.4 Å². The first-order valence-corrected chi connectivity index (χ1v) is 5.36. The third-order valence-corrected chi connectivity index (χ3v) is 2.94. The minimum absolute atomic E-state index is 0.294. The number of hydrogen-bond donors (Lipinski definition) is 0. The predicted octanol–water partition coefficient (Wildman–Crippen LogP) is 2.23. The summed E-state index contributed by atoms with van der Waals surface area (Å²) in [5, 5.41) is 4.22. The van der Waals surface area contributed by atoms with Crippen LogP contribution in [0.25, 0.3) is 0 Å². The molecule has 1 aromatic rings. The van der Waals surface area contributed by atoms with Gasteiger partial charge in [0.05, 0.1) is 17.8 Å². The van der Waals surface area contributed by atoms with Gasteiger partial charge in [0.25, 0.3) is 5.91 Å². The lowest BCUT2D eigenvalue weighted by molar-refractivity contribution is 0.100. The van der Waals surface area contributed by atoms with E-state index in [-0.39, 0.29) is 5.91 Å². The summed E-state index contributed by atoms with van der Waals surface area (Å²) in [5.74, 6) is -0.294. The summed E-state index contributed by atoms with van der Waals surface area (Å²) >= 11 is 0. The van der Waals surface area contributed by atoms with Crippen LogP contribution in [0.2, 0.25) is 0 Å². The number of hydrogen-bond acceptors (Lipinski definition) is 2. The SMILES string of the molecule is C=NC(=O)c1cnn(C2CCCCC2)c1. The van der Waals surface area contributed by atoms with Gasteiger partial charge in [-0.3, -0.25) is 9.48 Å². The number of nitrogens with zero attached hydrogens (tertiary/aromatic N) is 3. The normalized spacial score (nSPS) is 17.6. The van der Waals surface area contributed by atoms with Crippen LogP contribution >= 0.6 is 0 Å². The summed E-state index contributed by atoms with van der Waals surface area (Å²) < 4.78 is 1.90. The molecule has 0 aliphatic heterocycles.